The molecule has 1 heterocycles. The van der Waals surface area contributed by atoms with Crippen LogP contribution in [0.5, 0.6) is 0 Å². The number of amides is 1. The van der Waals surface area contributed by atoms with Gasteiger partial charge in [0, 0.05) is 5.56 Å². The van der Waals surface area contributed by atoms with Crippen LogP contribution < -0.4 is 0 Å². The molecule has 0 fully saturated rings. The highest BCUT2D eigenvalue weighted by Crippen LogP contribution is 2.29. The lowest BCUT2D eigenvalue weighted by atomic mass is 10.2. The van der Waals surface area contributed by atoms with Gasteiger partial charge in [0.2, 0.25) is 0 Å². The highest BCUT2D eigenvalue weighted by atomic mass is 32.2. The second kappa shape index (κ2) is 5.08. The Labute approximate surface area is 123 Å². The van der Waals surface area contributed by atoms with E-state index in [2.05, 4.69) is 11.8 Å². The molecule has 0 saturated carbocycles. The van der Waals surface area contributed by atoms with Gasteiger partial charge in [-0.2, -0.15) is 0 Å². The number of rotatable bonds is 1. The van der Waals surface area contributed by atoms with Crippen LogP contribution in [0.3, 0.4) is 0 Å². The van der Waals surface area contributed by atoms with E-state index in [0.717, 1.165) is 9.87 Å². The molecule has 0 N–H and O–H groups in total. The van der Waals surface area contributed by atoms with Crippen LogP contribution in [-0.4, -0.2) is 25.2 Å². The van der Waals surface area contributed by atoms with Gasteiger partial charge in [-0.15, -0.1) is 0 Å². The van der Waals surface area contributed by atoms with E-state index in [-0.39, 0.29) is 17.0 Å². The van der Waals surface area contributed by atoms with Crippen LogP contribution in [0.2, 0.25) is 0 Å². The molecule has 3 rings (SSSR count). The van der Waals surface area contributed by atoms with Crippen molar-refractivity contribution in [3.63, 3.8) is 0 Å². The van der Waals surface area contributed by atoms with E-state index < -0.39 is 15.9 Å². The Morgan fingerprint density at radius 2 is 1.62 bits per heavy atom. The van der Waals surface area contributed by atoms with E-state index in [1.807, 2.05) is 30.3 Å². The zero-order chi connectivity index (χ0) is 14.9. The van der Waals surface area contributed by atoms with Gasteiger partial charge in [-0.25, -0.2) is 12.7 Å². The van der Waals surface area contributed by atoms with Crippen molar-refractivity contribution < 1.29 is 13.2 Å². The highest BCUT2D eigenvalue weighted by Gasteiger charge is 2.40. The molecule has 0 bridgehead atoms. The third kappa shape index (κ3) is 2.30. The topological polar surface area (TPSA) is 54.5 Å². The monoisotopic (exact) mass is 297 g/mol. The fraction of sp³-hybridized carbons (Fsp3) is 0.0625. The summed E-state index contributed by atoms with van der Waals surface area (Å²) in [4.78, 5) is 12.2. The minimum atomic E-state index is -3.77. The molecule has 0 unspecified atom stereocenters. The van der Waals surface area contributed by atoms with Gasteiger partial charge in [0.05, 0.1) is 12.1 Å². The van der Waals surface area contributed by atoms with Crippen LogP contribution in [0.4, 0.5) is 0 Å². The zero-order valence-corrected chi connectivity index (χ0v) is 11.8. The summed E-state index contributed by atoms with van der Waals surface area (Å²) in [5, 5.41) is 0. The van der Waals surface area contributed by atoms with Crippen molar-refractivity contribution in [2.24, 2.45) is 0 Å². The minimum absolute atomic E-state index is 0.0523. The fourth-order valence-corrected chi connectivity index (χ4v) is 3.59. The van der Waals surface area contributed by atoms with Crippen molar-refractivity contribution in [1.82, 2.24) is 4.31 Å². The van der Waals surface area contributed by atoms with Gasteiger partial charge < -0.3 is 0 Å². The molecule has 0 spiro atoms. The number of carbonyl (C=O) groups is 1. The van der Waals surface area contributed by atoms with Gasteiger partial charge in [0.25, 0.3) is 15.9 Å². The van der Waals surface area contributed by atoms with Crippen molar-refractivity contribution in [3.8, 4) is 11.8 Å². The average molecular weight is 297 g/mol. The molecule has 0 aromatic heterocycles. The summed E-state index contributed by atoms with van der Waals surface area (Å²) in [6, 6.07) is 15.4. The maximum atomic E-state index is 12.3. The second-order valence-corrected chi connectivity index (χ2v) is 6.31. The minimum Gasteiger partial charge on any atom is -0.268 e. The van der Waals surface area contributed by atoms with Crippen LogP contribution in [0.25, 0.3) is 0 Å². The normalized spacial score (nSPS) is 15.2. The second-order valence-electron chi connectivity index (χ2n) is 4.48. The van der Waals surface area contributed by atoms with Gasteiger partial charge in [-0.1, -0.05) is 42.2 Å². The fourth-order valence-electron chi connectivity index (χ4n) is 2.12. The summed E-state index contributed by atoms with van der Waals surface area (Å²) in [7, 11) is -3.77. The van der Waals surface area contributed by atoms with Crippen molar-refractivity contribution in [3.05, 3.63) is 65.7 Å². The summed E-state index contributed by atoms with van der Waals surface area (Å²) in [5.41, 5.74) is 0.984. The Morgan fingerprint density at radius 1 is 0.952 bits per heavy atom. The summed E-state index contributed by atoms with van der Waals surface area (Å²) in [5.74, 6) is 5.07. The molecule has 4 nitrogen and oxygen atoms in total. The summed E-state index contributed by atoms with van der Waals surface area (Å²) in [6.45, 7) is -0.148. The summed E-state index contributed by atoms with van der Waals surface area (Å²) in [6.07, 6.45) is 0. The molecule has 0 saturated heterocycles. The SMILES string of the molecule is O=C1c2ccccc2S(=O)(=O)N1CC#Cc1ccccc1. The van der Waals surface area contributed by atoms with E-state index in [1.54, 1.807) is 12.1 Å². The van der Waals surface area contributed by atoms with Crippen LogP contribution in [0.15, 0.2) is 59.5 Å². The number of hydrogen-bond donors (Lipinski definition) is 0. The van der Waals surface area contributed by atoms with Gasteiger partial charge in [-0.05, 0) is 24.3 Å². The van der Waals surface area contributed by atoms with Crippen LogP contribution in [-0.2, 0) is 10.0 Å². The standard InChI is InChI=1S/C16H11NO3S/c18-16-14-10-4-5-11-15(14)21(19,20)17(16)12-6-9-13-7-2-1-3-8-13/h1-5,7-8,10-11H,12H2. The van der Waals surface area contributed by atoms with Crippen LogP contribution >= 0.6 is 0 Å². The van der Waals surface area contributed by atoms with Gasteiger partial charge >= 0.3 is 0 Å². The Morgan fingerprint density at radius 3 is 2.33 bits per heavy atom. The van der Waals surface area contributed by atoms with E-state index in [0.29, 0.717) is 0 Å². The molecule has 0 aliphatic carbocycles. The quantitative estimate of drug-likeness (QED) is 0.755. The Bertz CT molecular complexity index is 861. The van der Waals surface area contributed by atoms with Gasteiger partial charge in [0.1, 0.15) is 4.90 Å². The smallest absolute Gasteiger partial charge is 0.268 e. The van der Waals surface area contributed by atoms with Gasteiger partial charge in [-0.3, -0.25) is 4.79 Å². The summed E-state index contributed by atoms with van der Waals surface area (Å²) >= 11 is 0. The van der Waals surface area contributed by atoms with Crippen LogP contribution in [0.1, 0.15) is 15.9 Å². The third-order valence-corrected chi connectivity index (χ3v) is 4.93. The molecular formula is C16H11NO3S. The molecule has 2 aromatic carbocycles. The molecule has 1 aliphatic heterocycles. The first-order valence-electron chi connectivity index (χ1n) is 6.31. The molecule has 2 aromatic rings. The number of benzene rings is 2. The molecule has 0 atom stereocenters. The van der Waals surface area contributed by atoms with E-state index in [9.17, 15) is 13.2 Å². The number of carbonyl (C=O) groups excluding carboxylic acids is 1. The largest absolute Gasteiger partial charge is 0.269 e. The molecule has 21 heavy (non-hydrogen) atoms. The third-order valence-electron chi connectivity index (χ3n) is 3.14. The lowest BCUT2D eigenvalue weighted by molar-refractivity contribution is 0.0882. The zero-order valence-electron chi connectivity index (χ0n) is 11.0. The molecule has 5 heteroatoms. The number of sulfonamides is 1. The maximum Gasteiger partial charge on any atom is 0.269 e. The molecule has 1 aliphatic rings. The average Bonchev–Trinajstić information content (AvgIpc) is 2.70. The van der Waals surface area contributed by atoms with E-state index >= 15 is 0 Å². The lowest BCUT2D eigenvalue weighted by Gasteiger charge is -2.10. The number of nitrogens with zero attached hydrogens (tertiary/aromatic N) is 1. The first kappa shape index (κ1) is 13.4. The predicted octanol–water partition coefficient (Wildman–Crippen LogP) is 1.88. The molecular weight excluding hydrogens is 286 g/mol. The van der Waals surface area contributed by atoms with Crippen LogP contribution in [0, 0.1) is 11.8 Å². The van der Waals surface area contributed by atoms with Crippen molar-refractivity contribution >= 4 is 15.9 Å². The first-order chi connectivity index (χ1) is 10.1. The highest BCUT2D eigenvalue weighted by molar-refractivity contribution is 7.90. The van der Waals surface area contributed by atoms with Crippen molar-refractivity contribution in [1.29, 1.82) is 0 Å². The maximum absolute atomic E-state index is 12.3. The Hall–Kier alpha value is -2.58. The summed E-state index contributed by atoms with van der Waals surface area (Å²) < 4.78 is 25.4. The number of hydrogen-bond acceptors (Lipinski definition) is 3. The lowest BCUT2D eigenvalue weighted by Crippen LogP contribution is -2.30. The molecule has 104 valence electrons. The number of fused-ring (bicyclic) bond motifs is 1. The molecule has 0 radical (unpaired) electrons. The van der Waals surface area contributed by atoms with Crippen molar-refractivity contribution in [2.45, 2.75) is 4.90 Å². The van der Waals surface area contributed by atoms with Crippen molar-refractivity contribution in [2.75, 3.05) is 6.54 Å². The Kier molecular flexibility index (Phi) is 3.24. The molecule has 1 amide bonds. The first-order valence-corrected chi connectivity index (χ1v) is 7.75. The predicted molar refractivity (Wildman–Crippen MR) is 78.0 cm³/mol. The van der Waals surface area contributed by atoms with E-state index in [1.165, 1.54) is 12.1 Å². The Balaban J connectivity index is 1.89. The van der Waals surface area contributed by atoms with Gasteiger partial charge in [0.15, 0.2) is 0 Å². The van der Waals surface area contributed by atoms with E-state index in [4.69, 9.17) is 0 Å².